The number of hydrogen-bond donors (Lipinski definition) is 2. The average molecular weight is 528 g/mol. The molecule has 3 aromatic carbocycles. The Morgan fingerprint density at radius 2 is 1.74 bits per heavy atom. The number of benzene rings is 3. The predicted molar refractivity (Wildman–Crippen MR) is 143 cm³/mol. The van der Waals surface area contributed by atoms with Crippen LogP contribution in [0.3, 0.4) is 0 Å². The predicted octanol–water partition coefficient (Wildman–Crippen LogP) is 5.92. The van der Waals surface area contributed by atoms with Gasteiger partial charge in [0, 0.05) is 5.69 Å². The fourth-order valence-electron chi connectivity index (χ4n) is 3.20. The van der Waals surface area contributed by atoms with Crippen LogP contribution in [0, 0.1) is 6.92 Å². The first-order valence-electron chi connectivity index (χ1n) is 10.9. The fraction of sp³-hybridized carbons (Fsp3) is 0.200. The van der Waals surface area contributed by atoms with Gasteiger partial charge in [0.2, 0.25) is 5.91 Å². The van der Waals surface area contributed by atoms with Crippen molar-refractivity contribution in [3.63, 3.8) is 0 Å². The van der Waals surface area contributed by atoms with Crippen molar-refractivity contribution < 1.29 is 17.9 Å². The van der Waals surface area contributed by atoms with Crippen LogP contribution in [-0.4, -0.2) is 31.2 Å². The molecule has 182 valence electrons. The Balaban J connectivity index is 1.42. The minimum atomic E-state index is -3.69. The van der Waals surface area contributed by atoms with Crippen LogP contribution in [0.2, 0.25) is 0 Å². The number of thiazole rings is 1. The zero-order valence-electron chi connectivity index (χ0n) is 19.4. The molecule has 1 aromatic heterocycles. The molecule has 2 N–H and O–H groups in total. The molecule has 0 spiro atoms. The maximum atomic E-state index is 12.7. The first kappa shape index (κ1) is 25.0. The average Bonchev–Trinajstić information content (AvgIpc) is 3.22. The Bertz CT molecular complexity index is 1430. The van der Waals surface area contributed by atoms with Crippen molar-refractivity contribution in [2.45, 2.75) is 35.3 Å². The number of ether oxygens (including phenoxy) is 1. The van der Waals surface area contributed by atoms with E-state index in [4.69, 9.17) is 4.74 Å². The number of nitrogens with zero attached hydrogens (tertiary/aromatic N) is 1. The molecule has 1 amide bonds. The molecular formula is C25H25N3O4S3. The summed E-state index contributed by atoms with van der Waals surface area (Å²) >= 11 is 2.77. The van der Waals surface area contributed by atoms with Gasteiger partial charge in [-0.05, 0) is 75.4 Å². The standard InChI is InChI=1S/C25H25N3O4S3/c1-4-32-20-10-7-18(8-11-20)26-24(29)17(3)33-25-27-22-14-9-19(15-23(22)34-25)28-35(30,31)21-12-5-16(2)6-13-21/h5-15,17,28H,4H2,1-3H3,(H,26,29). The highest BCUT2D eigenvalue weighted by Crippen LogP contribution is 2.34. The first-order chi connectivity index (χ1) is 16.7. The molecule has 1 unspecified atom stereocenters. The van der Waals surface area contributed by atoms with Gasteiger partial charge in [-0.2, -0.15) is 0 Å². The normalized spacial score (nSPS) is 12.3. The number of aryl methyl sites for hydroxylation is 1. The molecule has 0 aliphatic rings. The maximum Gasteiger partial charge on any atom is 0.261 e. The molecule has 0 aliphatic carbocycles. The molecular weight excluding hydrogens is 502 g/mol. The topological polar surface area (TPSA) is 97.4 Å². The molecule has 0 aliphatic heterocycles. The number of carbonyl (C=O) groups is 1. The molecule has 0 bridgehead atoms. The van der Waals surface area contributed by atoms with E-state index in [2.05, 4.69) is 15.0 Å². The van der Waals surface area contributed by atoms with Gasteiger partial charge in [0.15, 0.2) is 4.34 Å². The molecule has 0 radical (unpaired) electrons. The van der Waals surface area contributed by atoms with E-state index in [-0.39, 0.29) is 16.1 Å². The lowest BCUT2D eigenvalue weighted by Gasteiger charge is -2.11. The zero-order valence-corrected chi connectivity index (χ0v) is 21.9. The number of amides is 1. The Morgan fingerprint density at radius 1 is 1.06 bits per heavy atom. The van der Waals surface area contributed by atoms with Crippen LogP contribution < -0.4 is 14.8 Å². The Morgan fingerprint density at radius 3 is 2.43 bits per heavy atom. The second-order valence-corrected chi connectivity index (χ2v) is 12.1. The number of rotatable bonds is 9. The van der Waals surface area contributed by atoms with Crippen molar-refractivity contribution in [2.24, 2.45) is 0 Å². The second kappa shape index (κ2) is 10.7. The Kier molecular flexibility index (Phi) is 7.63. The van der Waals surface area contributed by atoms with Crippen molar-refractivity contribution in [2.75, 3.05) is 16.6 Å². The number of anilines is 2. The molecule has 10 heteroatoms. The van der Waals surface area contributed by atoms with Gasteiger partial charge < -0.3 is 10.1 Å². The van der Waals surface area contributed by atoms with Crippen molar-refractivity contribution >= 4 is 60.6 Å². The van der Waals surface area contributed by atoms with Crippen LogP contribution in [0.5, 0.6) is 5.75 Å². The molecule has 4 aromatic rings. The molecule has 4 rings (SSSR count). The van der Waals surface area contributed by atoms with E-state index in [1.165, 1.54) is 23.1 Å². The van der Waals surface area contributed by atoms with Crippen LogP contribution in [0.1, 0.15) is 19.4 Å². The molecule has 0 saturated carbocycles. The Hall–Kier alpha value is -3.08. The number of nitrogens with one attached hydrogen (secondary N) is 2. The van der Waals surface area contributed by atoms with E-state index >= 15 is 0 Å². The van der Waals surface area contributed by atoms with Crippen molar-refractivity contribution in [1.29, 1.82) is 0 Å². The van der Waals surface area contributed by atoms with E-state index in [1.807, 2.05) is 32.9 Å². The van der Waals surface area contributed by atoms with Crippen LogP contribution >= 0.6 is 23.1 Å². The largest absolute Gasteiger partial charge is 0.494 e. The van der Waals surface area contributed by atoms with Crippen LogP contribution in [0.25, 0.3) is 10.2 Å². The van der Waals surface area contributed by atoms with Crippen LogP contribution in [0.15, 0.2) is 76.0 Å². The number of thioether (sulfide) groups is 1. The minimum Gasteiger partial charge on any atom is -0.494 e. The highest BCUT2D eigenvalue weighted by atomic mass is 32.2. The highest BCUT2D eigenvalue weighted by Gasteiger charge is 2.18. The third-order valence-electron chi connectivity index (χ3n) is 5.03. The number of hydrogen-bond acceptors (Lipinski definition) is 7. The summed E-state index contributed by atoms with van der Waals surface area (Å²) in [5.41, 5.74) is 2.89. The van der Waals surface area contributed by atoms with Gasteiger partial charge in [-0.1, -0.05) is 29.5 Å². The van der Waals surface area contributed by atoms with Gasteiger partial charge in [0.05, 0.1) is 32.7 Å². The van der Waals surface area contributed by atoms with E-state index in [9.17, 15) is 13.2 Å². The van der Waals surface area contributed by atoms with Crippen molar-refractivity contribution in [3.8, 4) is 5.75 Å². The highest BCUT2D eigenvalue weighted by molar-refractivity contribution is 8.02. The quantitative estimate of drug-likeness (QED) is 0.262. The minimum absolute atomic E-state index is 0.134. The van der Waals surface area contributed by atoms with E-state index in [0.29, 0.717) is 18.0 Å². The van der Waals surface area contributed by atoms with Crippen molar-refractivity contribution in [3.05, 3.63) is 72.3 Å². The molecule has 1 atom stereocenters. The second-order valence-electron chi connectivity index (χ2n) is 7.79. The lowest BCUT2D eigenvalue weighted by Crippen LogP contribution is -2.22. The van der Waals surface area contributed by atoms with E-state index in [1.54, 1.807) is 54.6 Å². The number of fused-ring (bicyclic) bond motifs is 1. The number of carbonyl (C=O) groups excluding carboxylic acids is 1. The van der Waals surface area contributed by atoms with Gasteiger partial charge in [-0.3, -0.25) is 9.52 Å². The van der Waals surface area contributed by atoms with E-state index < -0.39 is 10.0 Å². The van der Waals surface area contributed by atoms with Gasteiger partial charge in [-0.15, -0.1) is 11.3 Å². The summed E-state index contributed by atoms with van der Waals surface area (Å²) in [5.74, 6) is 0.618. The lowest BCUT2D eigenvalue weighted by molar-refractivity contribution is -0.115. The summed E-state index contributed by atoms with van der Waals surface area (Å²) in [4.78, 5) is 17.4. The van der Waals surface area contributed by atoms with Gasteiger partial charge in [0.1, 0.15) is 5.75 Å². The fourth-order valence-corrected chi connectivity index (χ4v) is 6.50. The Labute approximate surface area is 213 Å². The first-order valence-corrected chi connectivity index (χ1v) is 14.1. The number of aromatic nitrogens is 1. The summed E-state index contributed by atoms with van der Waals surface area (Å²) in [6.45, 7) is 6.23. The van der Waals surface area contributed by atoms with Gasteiger partial charge >= 0.3 is 0 Å². The molecule has 0 saturated heterocycles. The zero-order chi connectivity index (χ0) is 25.0. The molecule has 1 heterocycles. The maximum absolute atomic E-state index is 12.7. The van der Waals surface area contributed by atoms with Crippen LogP contribution in [-0.2, 0) is 14.8 Å². The number of sulfonamides is 1. The molecule has 0 fully saturated rings. The summed E-state index contributed by atoms with van der Waals surface area (Å²) in [6.07, 6.45) is 0. The molecule has 35 heavy (non-hydrogen) atoms. The van der Waals surface area contributed by atoms with Gasteiger partial charge in [0.25, 0.3) is 10.0 Å². The van der Waals surface area contributed by atoms with E-state index in [0.717, 1.165) is 25.9 Å². The summed E-state index contributed by atoms with van der Waals surface area (Å²) in [7, 11) is -3.69. The summed E-state index contributed by atoms with van der Waals surface area (Å²) in [5, 5.41) is 2.53. The molecule has 7 nitrogen and oxygen atoms in total. The van der Waals surface area contributed by atoms with Gasteiger partial charge in [-0.25, -0.2) is 13.4 Å². The SMILES string of the molecule is CCOc1ccc(NC(=O)C(C)Sc2nc3ccc(NS(=O)(=O)c4ccc(C)cc4)cc3s2)cc1. The third kappa shape index (κ3) is 6.33. The third-order valence-corrected chi connectivity index (χ3v) is 8.64. The van der Waals surface area contributed by atoms with Crippen LogP contribution in [0.4, 0.5) is 11.4 Å². The summed E-state index contributed by atoms with van der Waals surface area (Å²) in [6, 6.07) is 19.1. The summed E-state index contributed by atoms with van der Waals surface area (Å²) < 4.78 is 35.0. The van der Waals surface area contributed by atoms with Crippen molar-refractivity contribution in [1.82, 2.24) is 4.98 Å². The monoisotopic (exact) mass is 527 g/mol. The lowest BCUT2D eigenvalue weighted by atomic mass is 10.2. The smallest absolute Gasteiger partial charge is 0.261 e.